The highest BCUT2D eigenvalue weighted by atomic mass is 16.5. The molecule has 5 rings (SSSR count). The lowest BCUT2D eigenvalue weighted by Gasteiger charge is -2.47. The van der Waals surface area contributed by atoms with E-state index in [0.29, 0.717) is 12.0 Å². The van der Waals surface area contributed by atoms with Gasteiger partial charge in [0.2, 0.25) is 0 Å². The van der Waals surface area contributed by atoms with Crippen LogP contribution < -0.4 is 4.74 Å². The van der Waals surface area contributed by atoms with Crippen molar-refractivity contribution in [3.8, 4) is 5.75 Å². The fraction of sp³-hybridized carbons (Fsp3) is 0.406. The number of piperidine rings is 2. The molecule has 0 atom stereocenters. The molecule has 2 heterocycles. The predicted octanol–water partition coefficient (Wildman–Crippen LogP) is 6.35. The van der Waals surface area contributed by atoms with E-state index in [4.69, 9.17) is 4.74 Å². The average Bonchev–Trinajstić information content (AvgIpc) is 2.94. The third-order valence-corrected chi connectivity index (χ3v) is 8.24. The van der Waals surface area contributed by atoms with Crippen LogP contribution in [-0.4, -0.2) is 41.9 Å². The van der Waals surface area contributed by atoms with E-state index in [2.05, 4.69) is 77.4 Å². The molecule has 0 bridgehead atoms. The number of carbonyl (C=O) groups excluding carboxylic acids is 1. The molecule has 0 unspecified atom stereocenters. The van der Waals surface area contributed by atoms with E-state index in [1.807, 2.05) is 18.2 Å². The zero-order valence-corrected chi connectivity index (χ0v) is 21.5. The Labute approximate surface area is 215 Å². The number of aryl methyl sites for hydroxylation is 1. The maximum atomic E-state index is 13.0. The maximum Gasteiger partial charge on any atom is 0.253 e. The number of ether oxygens (including phenoxy) is 1. The lowest BCUT2D eigenvalue weighted by atomic mass is 9.71. The topological polar surface area (TPSA) is 32.8 Å². The highest BCUT2D eigenvalue weighted by Gasteiger charge is 2.38. The minimum Gasteiger partial charge on any atom is -0.489 e. The summed E-state index contributed by atoms with van der Waals surface area (Å²) in [4.78, 5) is 17.6. The SMILES string of the molecule is CCc1ccc(C(=O)N2CCC3(CCN(Cc4ccccc4OCc4ccccc4)CC3)CC2)cc1. The Morgan fingerprint density at radius 1 is 0.778 bits per heavy atom. The van der Waals surface area contributed by atoms with Gasteiger partial charge >= 0.3 is 0 Å². The number of hydrogen-bond donors (Lipinski definition) is 0. The van der Waals surface area contributed by atoms with Crippen molar-refractivity contribution in [1.82, 2.24) is 9.80 Å². The van der Waals surface area contributed by atoms with E-state index in [9.17, 15) is 4.79 Å². The molecule has 1 spiro atoms. The van der Waals surface area contributed by atoms with Crippen LogP contribution in [-0.2, 0) is 19.6 Å². The average molecular weight is 483 g/mol. The molecular formula is C32H38N2O2. The van der Waals surface area contributed by atoms with Crippen LogP contribution in [0.3, 0.4) is 0 Å². The Balaban J connectivity index is 1.12. The number of hydrogen-bond acceptors (Lipinski definition) is 3. The van der Waals surface area contributed by atoms with Crippen molar-refractivity contribution >= 4 is 5.91 Å². The molecule has 36 heavy (non-hydrogen) atoms. The molecule has 0 aromatic heterocycles. The van der Waals surface area contributed by atoms with Crippen molar-refractivity contribution in [2.24, 2.45) is 5.41 Å². The van der Waals surface area contributed by atoms with Crippen molar-refractivity contribution < 1.29 is 9.53 Å². The lowest BCUT2D eigenvalue weighted by molar-refractivity contribution is 0.0283. The van der Waals surface area contributed by atoms with Gasteiger partial charge in [-0.25, -0.2) is 0 Å². The monoisotopic (exact) mass is 482 g/mol. The van der Waals surface area contributed by atoms with Crippen LogP contribution in [0.4, 0.5) is 0 Å². The number of benzene rings is 3. The second-order valence-electron chi connectivity index (χ2n) is 10.5. The molecule has 0 saturated carbocycles. The minimum absolute atomic E-state index is 0.192. The second-order valence-corrected chi connectivity index (χ2v) is 10.5. The summed E-state index contributed by atoms with van der Waals surface area (Å²) >= 11 is 0. The predicted molar refractivity (Wildman–Crippen MR) is 145 cm³/mol. The number of amides is 1. The Morgan fingerprint density at radius 2 is 1.42 bits per heavy atom. The molecule has 4 heteroatoms. The summed E-state index contributed by atoms with van der Waals surface area (Å²) in [6.45, 7) is 7.65. The molecule has 3 aromatic rings. The highest BCUT2D eigenvalue weighted by molar-refractivity contribution is 5.94. The second kappa shape index (κ2) is 11.3. The third kappa shape index (κ3) is 5.82. The van der Waals surface area contributed by atoms with Gasteiger partial charge in [-0.05, 0) is 79.9 Å². The van der Waals surface area contributed by atoms with E-state index in [1.54, 1.807) is 0 Å². The first-order chi connectivity index (χ1) is 17.6. The number of rotatable bonds is 7. The van der Waals surface area contributed by atoms with Gasteiger partial charge in [-0.1, -0.05) is 67.6 Å². The van der Waals surface area contributed by atoms with Crippen LogP contribution in [0, 0.1) is 5.41 Å². The van der Waals surface area contributed by atoms with E-state index in [0.717, 1.165) is 63.3 Å². The first kappa shape index (κ1) is 24.6. The van der Waals surface area contributed by atoms with Crippen molar-refractivity contribution in [3.63, 3.8) is 0 Å². The molecule has 0 radical (unpaired) electrons. The Morgan fingerprint density at radius 3 is 2.11 bits per heavy atom. The lowest BCUT2D eigenvalue weighted by Crippen LogP contribution is -2.48. The van der Waals surface area contributed by atoms with Gasteiger partial charge in [-0.3, -0.25) is 9.69 Å². The van der Waals surface area contributed by atoms with Gasteiger partial charge in [-0.2, -0.15) is 0 Å². The number of likely N-dealkylation sites (tertiary alicyclic amines) is 2. The van der Waals surface area contributed by atoms with Gasteiger partial charge in [0.15, 0.2) is 0 Å². The first-order valence-electron chi connectivity index (χ1n) is 13.5. The Bertz CT molecular complexity index is 1120. The van der Waals surface area contributed by atoms with Gasteiger partial charge in [-0.15, -0.1) is 0 Å². The summed E-state index contributed by atoms with van der Waals surface area (Å²) in [5.41, 5.74) is 4.95. The van der Waals surface area contributed by atoms with Crippen molar-refractivity contribution in [2.45, 2.75) is 52.2 Å². The number of para-hydroxylation sites is 1. The molecular weight excluding hydrogens is 444 g/mol. The summed E-state index contributed by atoms with van der Waals surface area (Å²) in [7, 11) is 0. The molecule has 2 aliphatic rings. The quantitative estimate of drug-likeness (QED) is 0.394. The smallest absolute Gasteiger partial charge is 0.253 e. The van der Waals surface area contributed by atoms with Gasteiger partial charge in [0, 0.05) is 30.8 Å². The summed E-state index contributed by atoms with van der Waals surface area (Å²) in [6, 6.07) is 27.0. The molecule has 1 amide bonds. The first-order valence-corrected chi connectivity index (χ1v) is 13.5. The van der Waals surface area contributed by atoms with Crippen molar-refractivity contribution in [1.29, 1.82) is 0 Å². The van der Waals surface area contributed by atoms with E-state index in [1.165, 1.54) is 29.5 Å². The molecule has 2 aliphatic heterocycles. The molecule has 4 nitrogen and oxygen atoms in total. The largest absolute Gasteiger partial charge is 0.489 e. The maximum absolute atomic E-state index is 13.0. The van der Waals surface area contributed by atoms with Crippen molar-refractivity contribution in [3.05, 3.63) is 101 Å². The van der Waals surface area contributed by atoms with Crippen LogP contribution in [0.25, 0.3) is 0 Å². The molecule has 3 aromatic carbocycles. The Hall–Kier alpha value is -3.11. The normalized spacial score (nSPS) is 17.8. The Kier molecular flexibility index (Phi) is 7.72. The van der Waals surface area contributed by atoms with Crippen LogP contribution in [0.2, 0.25) is 0 Å². The van der Waals surface area contributed by atoms with Gasteiger partial charge in [0.1, 0.15) is 12.4 Å². The van der Waals surface area contributed by atoms with Crippen LogP contribution in [0.5, 0.6) is 5.75 Å². The molecule has 0 aliphatic carbocycles. The molecule has 2 saturated heterocycles. The van der Waals surface area contributed by atoms with Crippen molar-refractivity contribution in [2.75, 3.05) is 26.2 Å². The summed E-state index contributed by atoms with van der Waals surface area (Å²) in [5.74, 6) is 1.18. The van der Waals surface area contributed by atoms with Gasteiger partial charge in [0.05, 0.1) is 0 Å². The van der Waals surface area contributed by atoms with Crippen LogP contribution in [0.15, 0.2) is 78.9 Å². The van der Waals surface area contributed by atoms with E-state index in [-0.39, 0.29) is 5.91 Å². The minimum atomic E-state index is 0.192. The van der Waals surface area contributed by atoms with Crippen LogP contribution in [0.1, 0.15) is 59.7 Å². The summed E-state index contributed by atoms with van der Waals surface area (Å²) < 4.78 is 6.19. The fourth-order valence-corrected chi connectivity index (χ4v) is 5.69. The van der Waals surface area contributed by atoms with E-state index >= 15 is 0 Å². The summed E-state index contributed by atoms with van der Waals surface area (Å²) in [6.07, 6.45) is 5.68. The molecule has 0 N–H and O–H groups in total. The zero-order chi connectivity index (χ0) is 24.8. The van der Waals surface area contributed by atoms with Gasteiger partial charge < -0.3 is 9.64 Å². The zero-order valence-electron chi connectivity index (χ0n) is 21.5. The number of nitrogens with zero attached hydrogens (tertiary/aromatic N) is 2. The van der Waals surface area contributed by atoms with E-state index < -0.39 is 0 Å². The third-order valence-electron chi connectivity index (χ3n) is 8.24. The fourth-order valence-electron chi connectivity index (χ4n) is 5.69. The van der Waals surface area contributed by atoms with Gasteiger partial charge in [0.25, 0.3) is 5.91 Å². The molecule has 188 valence electrons. The van der Waals surface area contributed by atoms with Crippen LogP contribution >= 0.6 is 0 Å². The highest BCUT2D eigenvalue weighted by Crippen LogP contribution is 2.42. The number of carbonyl (C=O) groups is 1. The standard InChI is InChI=1S/C32H38N2O2/c1-2-26-12-14-28(15-13-26)31(35)34-22-18-32(19-23-34)16-20-33(21-17-32)24-29-10-6-7-11-30(29)36-25-27-8-4-3-5-9-27/h3-15H,2,16-25H2,1H3. The summed E-state index contributed by atoms with van der Waals surface area (Å²) in [5, 5.41) is 0. The molecule has 2 fully saturated rings.